The van der Waals surface area contributed by atoms with Crippen LogP contribution < -0.4 is 10.1 Å². The Morgan fingerprint density at radius 2 is 2.05 bits per heavy atom. The molecule has 4 nitrogen and oxygen atoms in total. The zero-order chi connectivity index (χ0) is 13.7. The number of amides is 1. The molecule has 0 aliphatic rings. The summed E-state index contributed by atoms with van der Waals surface area (Å²) in [6, 6.07) is 7.47. The van der Waals surface area contributed by atoms with Gasteiger partial charge in [0, 0.05) is 29.7 Å². The summed E-state index contributed by atoms with van der Waals surface area (Å²) in [5, 5.41) is 2.61. The van der Waals surface area contributed by atoms with Crippen LogP contribution in [0.2, 0.25) is 0 Å². The third-order valence-corrected chi connectivity index (χ3v) is 2.43. The molecule has 1 aromatic carbocycles. The van der Waals surface area contributed by atoms with Gasteiger partial charge in [0.05, 0.1) is 6.61 Å². The lowest BCUT2D eigenvalue weighted by atomic mass is 10.2. The lowest BCUT2D eigenvalue weighted by molar-refractivity contribution is 0.102. The van der Waals surface area contributed by atoms with E-state index in [1.807, 2.05) is 0 Å². The zero-order valence-corrected chi connectivity index (χ0v) is 10.4. The quantitative estimate of drug-likeness (QED) is 0.919. The van der Waals surface area contributed by atoms with E-state index in [0.717, 1.165) is 0 Å². The van der Waals surface area contributed by atoms with E-state index in [1.165, 1.54) is 24.5 Å². The Morgan fingerprint density at radius 3 is 2.68 bits per heavy atom. The molecule has 0 saturated carbocycles. The Kier molecular flexibility index (Phi) is 4.07. The summed E-state index contributed by atoms with van der Waals surface area (Å²) in [6.45, 7) is 2.16. The van der Waals surface area contributed by atoms with Crippen molar-refractivity contribution in [3.05, 3.63) is 54.1 Å². The first-order valence-electron chi connectivity index (χ1n) is 5.84. The van der Waals surface area contributed by atoms with Crippen LogP contribution in [0.3, 0.4) is 0 Å². The number of nitrogens with one attached hydrogen (secondary N) is 1. The molecule has 0 saturated heterocycles. The minimum atomic E-state index is -0.505. The molecular weight excluding hydrogens is 247 g/mol. The van der Waals surface area contributed by atoms with Gasteiger partial charge in [0.25, 0.3) is 5.91 Å². The molecule has 1 heterocycles. The SMILES string of the molecule is CCOc1ccc(NC(=O)c2ccncc2)cc1F. The maximum atomic E-state index is 13.6. The van der Waals surface area contributed by atoms with Crippen LogP contribution in [0.15, 0.2) is 42.7 Å². The molecule has 0 unspecified atom stereocenters. The van der Waals surface area contributed by atoms with Gasteiger partial charge in [-0.25, -0.2) is 4.39 Å². The van der Waals surface area contributed by atoms with Crippen LogP contribution in [-0.4, -0.2) is 17.5 Å². The number of anilines is 1. The van der Waals surface area contributed by atoms with Crippen molar-refractivity contribution in [2.75, 3.05) is 11.9 Å². The standard InChI is InChI=1S/C14H13FN2O2/c1-2-19-13-4-3-11(9-12(13)15)17-14(18)10-5-7-16-8-6-10/h3-9H,2H2,1H3,(H,17,18). The summed E-state index contributed by atoms with van der Waals surface area (Å²) in [6.07, 6.45) is 3.04. The van der Waals surface area contributed by atoms with Crippen molar-refractivity contribution in [2.45, 2.75) is 6.92 Å². The molecule has 0 bridgehead atoms. The van der Waals surface area contributed by atoms with Crippen LogP contribution in [0.25, 0.3) is 0 Å². The number of benzene rings is 1. The van der Waals surface area contributed by atoms with Crippen molar-refractivity contribution in [3.8, 4) is 5.75 Å². The predicted molar refractivity (Wildman–Crippen MR) is 69.8 cm³/mol. The van der Waals surface area contributed by atoms with Crippen LogP contribution in [-0.2, 0) is 0 Å². The zero-order valence-electron chi connectivity index (χ0n) is 10.4. The highest BCUT2D eigenvalue weighted by Crippen LogP contribution is 2.21. The van der Waals surface area contributed by atoms with Crippen LogP contribution in [0.5, 0.6) is 5.75 Å². The fraction of sp³-hybridized carbons (Fsp3) is 0.143. The van der Waals surface area contributed by atoms with Crippen molar-refractivity contribution in [1.82, 2.24) is 4.98 Å². The summed E-state index contributed by atoms with van der Waals surface area (Å²) in [4.78, 5) is 15.7. The van der Waals surface area contributed by atoms with E-state index in [4.69, 9.17) is 4.74 Å². The number of rotatable bonds is 4. The highest BCUT2D eigenvalue weighted by atomic mass is 19.1. The van der Waals surface area contributed by atoms with Crippen LogP contribution in [0, 0.1) is 5.82 Å². The molecule has 2 aromatic rings. The normalized spacial score (nSPS) is 10.0. The largest absolute Gasteiger partial charge is 0.491 e. The maximum absolute atomic E-state index is 13.6. The molecule has 1 aromatic heterocycles. The summed E-state index contributed by atoms with van der Waals surface area (Å²) in [5.41, 5.74) is 0.840. The Balaban J connectivity index is 2.12. The Hall–Kier alpha value is -2.43. The molecule has 0 atom stereocenters. The fourth-order valence-electron chi connectivity index (χ4n) is 1.56. The van der Waals surface area contributed by atoms with Gasteiger partial charge in [-0.2, -0.15) is 0 Å². The van der Waals surface area contributed by atoms with E-state index in [-0.39, 0.29) is 11.7 Å². The first-order chi connectivity index (χ1) is 9.20. The number of aromatic nitrogens is 1. The fourth-order valence-corrected chi connectivity index (χ4v) is 1.56. The molecule has 2 rings (SSSR count). The van der Waals surface area contributed by atoms with E-state index < -0.39 is 5.82 Å². The molecule has 0 spiro atoms. The van der Waals surface area contributed by atoms with Gasteiger partial charge in [0.2, 0.25) is 0 Å². The van der Waals surface area contributed by atoms with E-state index in [1.54, 1.807) is 25.1 Å². The van der Waals surface area contributed by atoms with E-state index in [9.17, 15) is 9.18 Å². The van der Waals surface area contributed by atoms with Gasteiger partial charge in [0.1, 0.15) is 0 Å². The van der Waals surface area contributed by atoms with Crippen LogP contribution >= 0.6 is 0 Å². The smallest absolute Gasteiger partial charge is 0.255 e. The van der Waals surface area contributed by atoms with Crippen molar-refractivity contribution >= 4 is 11.6 Å². The van der Waals surface area contributed by atoms with E-state index in [2.05, 4.69) is 10.3 Å². The van der Waals surface area contributed by atoms with Crippen molar-refractivity contribution in [2.24, 2.45) is 0 Å². The number of ether oxygens (including phenoxy) is 1. The molecule has 1 amide bonds. The average molecular weight is 260 g/mol. The van der Waals surface area contributed by atoms with E-state index >= 15 is 0 Å². The van der Waals surface area contributed by atoms with Gasteiger partial charge in [-0.1, -0.05) is 0 Å². The molecule has 0 aliphatic carbocycles. The molecule has 98 valence electrons. The van der Waals surface area contributed by atoms with E-state index in [0.29, 0.717) is 17.9 Å². The minimum absolute atomic E-state index is 0.171. The first-order valence-corrected chi connectivity index (χ1v) is 5.84. The van der Waals surface area contributed by atoms with Crippen molar-refractivity contribution in [1.29, 1.82) is 0 Å². The third kappa shape index (κ3) is 3.28. The first kappa shape index (κ1) is 13.0. The summed E-state index contributed by atoms with van der Waals surface area (Å²) >= 11 is 0. The molecule has 0 fully saturated rings. The number of pyridine rings is 1. The lowest BCUT2D eigenvalue weighted by Gasteiger charge is -2.08. The Bertz CT molecular complexity index is 573. The monoisotopic (exact) mass is 260 g/mol. The Labute approximate surface area is 110 Å². The number of hydrogen-bond acceptors (Lipinski definition) is 3. The molecule has 0 aliphatic heterocycles. The highest BCUT2D eigenvalue weighted by Gasteiger charge is 2.08. The third-order valence-electron chi connectivity index (χ3n) is 2.43. The molecule has 5 heteroatoms. The van der Waals surface area contributed by atoms with Crippen molar-refractivity contribution < 1.29 is 13.9 Å². The number of carbonyl (C=O) groups is 1. The Morgan fingerprint density at radius 1 is 1.32 bits per heavy atom. The van der Waals surface area contributed by atoms with Gasteiger partial charge < -0.3 is 10.1 Å². The second-order valence-corrected chi connectivity index (χ2v) is 3.77. The number of carbonyl (C=O) groups excluding carboxylic acids is 1. The molecule has 19 heavy (non-hydrogen) atoms. The topological polar surface area (TPSA) is 51.2 Å². The van der Waals surface area contributed by atoms with Gasteiger partial charge in [-0.05, 0) is 31.2 Å². The number of nitrogens with zero attached hydrogens (tertiary/aromatic N) is 1. The lowest BCUT2D eigenvalue weighted by Crippen LogP contribution is -2.12. The number of hydrogen-bond donors (Lipinski definition) is 1. The minimum Gasteiger partial charge on any atom is -0.491 e. The van der Waals surface area contributed by atoms with Gasteiger partial charge in [-0.3, -0.25) is 9.78 Å². The second-order valence-electron chi connectivity index (χ2n) is 3.77. The molecular formula is C14H13FN2O2. The maximum Gasteiger partial charge on any atom is 0.255 e. The molecule has 1 N–H and O–H groups in total. The summed E-state index contributed by atoms with van der Waals surface area (Å²) in [7, 11) is 0. The highest BCUT2D eigenvalue weighted by molar-refractivity contribution is 6.04. The van der Waals surface area contributed by atoms with Gasteiger partial charge in [-0.15, -0.1) is 0 Å². The summed E-state index contributed by atoms with van der Waals surface area (Å²) < 4.78 is 18.7. The summed E-state index contributed by atoms with van der Waals surface area (Å²) in [5.74, 6) is -0.648. The van der Waals surface area contributed by atoms with Crippen LogP contribution in [0.4, 0.5) is 10.1 Å². The van der Waals surface area contributed by atoms with Crippen LogP contribution in [0.1, 0.15) is 17.3 Å². The predicted octanol–water partition coefficient (Wildman–Crippen LogP) is 2.87. The number of halogens is 1. The average Bonchev–Trinajstić information content (AvgIpc) is 2.43. The van der Waals surface area contributed by atoms with Gasteiger partial charge >= 0.3 is 0 Å². The second kappa shape index (κ2) is 5.95. The van der Waals surface area contributed by atoms with Crippen molar-refractivity contribution in [3.63, 3.8) is 0 Å². The molecule has 0 radical (unpaired) electrons. The van der Waals surface area contributed by atoms with Gasteiger partial charge in [0.15, 0.2) is 11.6 Å².